The van der Waals surface area contributed by atoms with Crippen LogP contribution in [-0.4, -0.2) is 87.2 Å². The van der Waals surface area contributed by atoms with Crippen LogP contribution in [0, 0.1) is 5.92 Å². The summed E-state index contributed by atoms with van der Waals surface area (Å²) in [5, 5.41) is 9.20. The number of alkyl halides is 2. The SMILES string of the molecule is CC(C)N1CCC2CC1CCC(=O)N(C)CCCCN1CCC(CC1)C(F)(F)c1cccc(c1)[C@@H](C)Nc1nn(C)c(=O)c3cnc2cc13. The van der Waals surface area contributed by atoms with Crippen LogP contribution in [0.2, 0.25) is 0 Å². The third-order valence-electron chi connectivity index (χ3n) is 11.4. The van der Waals surface area contributed by atoms with Crippen LogP contribution in [0.25, 0.3) is 10.8 Å². The minimum Gasteiger partial charge on any atom is -0.362 e. The highest BCUT2D eigenvalue weighted by molar-refractivity contribution is 5.91. The van der Waals surface area contributed by atoms with Gasteiger partial charge < -0.3 is 15.1 Å². The van der Waals surface area contributed by atoms with E-state index in [0.29, 0.717) is 61.5 Å². The molecule has 2 unspecified atom stereocenters. The third kappa shape index (κ3) is 7.67. The van der Waals surface area contributed by atoms with Crippen molar-refractivity contribution in [2.45, 2.75) is 102 Å². The molecule has 0 radical (unpaired) electrons. The number of aryl methyl sites for hydroxylation is 1. The van der Waals surface area contributed by atoms with E-state index in [1.54, 1.807) is 31.4 Å². The van der Waals surface area contributed by atoms with Crippen molar-refractivity contribution < 1.29 is 13.6 Å². The average molecular weight is 678 g/mol. The van der Waals surface area contributed by atoms with Crippen molar-refractivity contribution in [1.29, 1.82) is 0 Å². The summed E-state index contributed by atoms with van der Waals surface area (Å²) < 4.78 is 33.3. The zero-order chi connectivity index (χ0) is 34.9. The lowest BCUT2D eigenvalue weighted by Crippen LogP contribution is -2.46. The number of likely N-dealkylation sites (tertiary alicyclic amines) is 1. The lowest BCUT2D eigenvalue weighted by molar-refractivity contribution is -0.130. The number of fused-ring (bicyclic) bond motifs is 10. The van der Waals surface area contributed by atoms with Gasteiger partial charge in [-0.3, -0.25) is 19.5 Å². The molecule has 0 aliphatic carbocycles. The number of anilines is 1. The molecule has 0 spiro atoms. The van der Waals surface area contributed by atoms with Gasteiger partial charge in [-0.05, 0) is 110 Å². The summed E-state index contributed by atoms with van der Waals surface area (Å²) in [7, 11) is 3.51. The number of pyridine rings is 1. The predicted molar refractivity (Wildman–Crippen MR) is 190 cm³/mol. The number of nitrogens with one attached hydrogen (secondary N) is 1. The highest BCUT2D eigenvalue weighted by atomic mass is 19.3. The van der Waals surface area contributed by atoms with Crippen LogP contribution >= 0.6 is 0 Å². The molecule has 1 N–H and O–H groups in total. The van der Waals surface area contributed by atoms with Crippen molar-refractivity contribution in [3.8, 4) is 0 Å². The Bertz CT molecular complexity index is 1690. The molecule has 7 rings (SSSR count). The predicted octanol–water partition coefficient (Wildman–Crippen LogP) is 6.29. The van der Waals surface area contributed by atoms with E-state index in [4.69, 9.17) is 4.98 Å². The number of benzene rings is 1. The molecule has 3 atom stereocenters. The summed E-state index contributed by atoms with van der Waals surface area (Å²) in [6.07, 6.45) is 7.48. The first-order valence-corrected chi connectivity index (χ1v) is 18.3. The summed E-state index contributed by atoms with van der Waals surface area (Å²) in [6, 6.07) is 9.02. The minimum absolute atomic E-state index is 0.0439. The molecule has 4 aliphatic rings. The summed E-state index contributed by atoms with van der Waals surface area (Å²) in [4.78, 5) is 37.9. The summed E-state index contributed by atoms with van der Waals surface area (Å²) in [5.41, 5.74) is 1.45. The Morgan fingerprint density at radius 3 is 2.45 bits per heavy atom. The van der Waals surface area contributed by atoms with Gasteiger partial charge in [0.2, 0.25) is 5.91 Å². The number of hydrogen-bond donors (Lipinski definition) is 1. The maximum atomic E-state index is 16.0. The second-order valence-electron chi connectivity index (χ2n) is 14.9. The average Bonchev–Trinajstić information content (AvgIpc) is 3.10. The van der Waals surface area contributed by atoms with Crippen LogP contribution in [0.15, 0.2) is 41.3 Å². The lowest BCUT2D eigenvalue weighted by atomic mass is 9.85. The van der Waals surface area contributed by atoms with E-state index in [1.807, 2.05) is 31.0 Å². The monoisotopic (exact) mass is 677 g/mol. The number of piperidine rings is 2. The fourth-order valence-electron chi connectivity index (χ4n) is 8.24. The number of aromatic nitrogens is 3. The molecular formula is C38H53F2N7O2. The summed E-state index contributed by atoms with van der Waals surface area (Å²) >= 11 is 0. The number of rotatable bonds is 1. The first-order chi connectivity index (χ1) is 23.4. The molecule has 11 heteroatoms. The second-order valence-corrected chi connectivity index (χ2v) is 14.9. The standard InChI is InChI=1S/C38H53F2N7O2/c1-25(2)47-20-13-28-22-31(47)11-12-35(48)44(4)16-6-7-17-46-18-14-29(15-19-46)38(39,40)30-10-8-9-27(21-30)26(3)42-36-32-23-34(28)41-24-33(32)37(49)45(5)43-36/h8-10,21,23-26,28-29,31H,6-7,11-20,22H2,1-5H3,(H,42,43)/t26-,28?,31?/m1/s1. The summed E-state index contributed by atoms with van der Waals surface area (Å²) in [6.45, 7) is 10.2. The molecule has 2 saturated heterocycles. The Kier molecular flexibility index (Phi) is 10.7. The normalized spacial score (nSPS) is 27.6. The van der Waals surface area contributed by atoms with Gasteiger partial charge in [-0.2, -0.15) is 5.10 Å². The van der Waals surface area contributed by atoms with Crippen molar-refractivity contribution in [3.05, 3.63) is 63.7 Å². The third-order valence-corrected chi connectivity index (χ3v) is 11.4. The number of amides is 1. The zero-order valence-corrected chi connectivity index (χ0v) is 29.8. The molecule has 0 saturated carbocycles. The highest BCUT2D eigenvalue weighted by Gasteiger charge is 2.43. The second kappa shape index (κ2) is 14.8. The van der Waals surface area contributed by atoms with Gasteiger partial charge in [0.25, 0.3) is 11.5 Å². The molecule has 8 bridgehead atoms. The Balaban J connectivity index is 1.34. The molecule has 266 valence electrons. The number of carbonyl (C=O) groups is 1. The van der Waals surface area contributed by atoms with E-state index in [1.165, 1.54) is 4.68 Å². The van der Waals surface area contributed by atoms with Crippen molar-refractivity contribution in [2.75, 3.05) is 45.1 Å². The number of halogens is 2. The molecule has 3 aromatic rings. The van der Waals surface area contributed by atoms with E-state index in [-0.39, 0.29) is 35.0 Å². The zero-order valence-electron chi connectivity index (χ0n) is 29.8. The quantitative estimate of drug-likeness (QED) is 0.324. The minimum atomic E-state index is -2.94. The Morgan fingerprint density at radius 2 is 1.69 bits per heavy atom. The molecule has 1 amide bonds. The van der Waals surface area contributed by atoms with Gasteiger partial charge in [0.05, 0.1) is 11.4 Å². The van der Waals surface area contributed by atoms with Gasteiger partial charge in [0, 0.05) is 73.8 Å². The van der Waals surface area contributed by atoms with E-state index in [9.17, 15) is 9.59 Å². The van der Waals surface area contributed by atoms with Crippen LogP contribution < -0.4 is 10.9 Å². The van der Waals surface area contributed by atoms with E-state index >= 15 is 8.78 Å². The number of carbonyl (C=O) groups excluding carboxylic acids is 1. The fourth-order valence-corrected chi connectivity index (χ4v) is 8.24. The maximum Gasteiger partial charge on any atom is 0.276 e. The largest absolute Gasteiger partial charge is 0.362 e. The van der Waals surface area contributed by atoms with E-state index < -0.39 is 11.8 Å². The number of hydrogen-bond acceptors (Lipinski definition) is 7. The van der Waals surface area contributed by atoms with Gasteiger partial charge in [-0.1, -0.05) is 18.2 Å². The molecule has 49 heavy (non-hydrogen) atoms. The van der Waals surface area contributed by atoms with Crippen LogP contribution in [0.3, 0.4) is 0 Å². The number of nitrogens with zero attached hydrogens (tertiary/aromatic N) is 6. The van der Waals surface area contributed by atoms with Gasteiger partial charge in [-0.15, -0.1) is 0 Å². The molecular weight excluding hydrogens is 624 g/mol. The van der Waals surface area contributed by atoms with Crippen LogP contribution in [-0.2, 0) is 17.8 Å². The van der Waals surface area contributed by atoms with Gasteiger partial charge >= 0.3 is 0 Å². The molecule has 4 aliphatic heterocycles. The van der Waals surface area contributed by atoms with Crippen molar-refractivity contribution in [1.82, 2.24) is 29.5 Å². The van der Waals surface area contributed by atoms with Crippen molar-refractivity contribution >= 4 is 22.5 Å². The van der Waals surface area contributed by atoms with Gasteiger partial charge in [0.15, 0.2) is 5.82 Å². The molecule has 9 nitrogen and oxygen atoms in total. The molecule has 2 aromatic heterocycles. The van der Waals surface area contributed by atoms with E-state index in [2.05, 4.69) is 34.1 Å². The summed E-state index contributed by atoms with van der Waals surface area (Å²) in [5.74, 6) is -2.80. The molecule has 2 fully saturated rings. The highest BCUT2D eigenvalue weighted by Crippen LogP contribution is 2.42. The van der Waals surface area contributed by atoms with Crippen LogP contribution in [0.4, 0.5) is 14.6 Å². The smallest absolute Gasteiger partial charge is 0.276 e. The lowest BCUT2D eigenvalue weighted by Gasteiger charge is -2.42. The fraction of sp³-hybridized carbons (Fsp3) is 0.632. The van der Waals surface area contributed by atoms with Crippen molar-refractivity contribution in [3.63, 3.8) is 0 Å². The molecule has 6 heterocycles. The van der Waals surface area contributed by atoms with Gasteiger partial charge in [-0.25, -0.2) is 13.5 Å². The first-order valence-electron chi connectivity index (χ1n) is 18.3. The Hall–Kier alpha value is -3.44. The van der Waals surface area contributed by atoms with Crippen molar-refractivity contribution in [2.24, 2.45) is 13.0 Å². The first kappa shape index (κ1) is 35.4. The molecule has 1 aromatic carbocycles. The van der Waals surface area contributed by atoms with Crippen LogP contribution in [0.5, 0.6) is 0 Å². The van der Waals surface area contributed by atoms with Crippen LogP contribution in [0.1, 0.15) is 101 Å². The van der Waals surface area contributed by atoms with E-state index in [0.717, 1.165) is 56.5 Å². The Labute approximate surface area is 289 Å². The topological polar surface area (TPSA) is 86.6 Å². The van der Waals surface area contributed by atoms with Gasteiger partial charge in [0.1, 0.15) is 0 Å². The Morgan fingerprint density at radius 1 is 0.939 bits per heavy atom. The maximum absolute atomic E-state index is 16.0.